The molecule has 5 nitrogen and oxygen atoms in total. The number of benzene rings is 1. The number of hydrogen-bond donors (Lipinski definition) is 3. The molecular formula is C14H24N4O. The highest BCUT2D eigenvalue weighted by Gasteiger charge is 2.09. The zero-order valence-electron chi connectivity index (χ0n) is 12.2. The monoisotopic (exact) mass is 264 g/mol. The molecule has 106 valence electrons. The van der Waals surface area contributed by atoms with Crippen molar-refractivity contribution in [3.8, 4) is 0 Å². The molecule has 0 aliphatic carbocycles. The molecule has 1 unspecified atom stereocenters. The molecule has 1 aromatic carbocycles. The summed E-state index contributed by atoms with van der Waals surface area (Å²) in [5, 5.41) is 5.96. The Bertz CT molecular complexity index is 431. The molecule has 0 aliphatic heterocycles. The zero-order valence-corrected chi connectivity index (χ0v) is 12.2. The second-order valence-corrected chi connectivity index (χ2v) is 5.02. The van der Waals surface area contributed by atoms with E-state index in [1.54, 1.807) is 25.2 Å². The molecule has 0 saturated carbocycles. The van der Waals surface area contributed by atoms with Crippen LogP contribution >= 0.6 is 0 Å². The van der Waals surface area contributed by atoms with E-state index in [2.05, 4.69) is 22.5 Å². The molecule has 0 aliphatic rings. The van der Waals surface area contributed by atoms with Gasteiger partial charge < -0.3 is 21.3 Å². The van der Waals surface area contributed by atoms with Crippen LogP contribution in [-0.4, -0.2) is 44.5 Å². The van der Waals surface area contributed by atoms with Crippen molar-refractivity contribution in [3.63, 3.8) is 0 Å². The Morgan fingerprint density at radius 2 is 2.11 bits per heavy atom. The van der Waals surface area contributed by atoms with E-state index >= 15 is 0 Å². The third kappa shape index (κ3) is 4.79. The van der Waals surface area contributed by atoms with E-state index in [0.29, 0.717) is 17.3 Å². The van der Waals surface area contributed by atoms with Crippen molar-refractivity contribution in [3.05, 3.63) is 23.8 Å². The fourth-order valence-corrected chi connectivity index (χ4v) is 1.76. The molecule has 0 spiro atoms. The Morgan fingerprint density at radius 3 is 2.68 bits per heavy atom. The zero-order chi connectivity index (χ0) is 14.4. The second kappa shape index (κ2) is 6.99. The maximum atomic E-state index is 11.6. The van der Waals surface area contributed by atoms with Crippen LogP contribution in [0, 0.1) is 0 Å². The van der Waals surface area contributed by atoms with Crippen LogP contribution in [0.4, 0.5) is 11.4 Å². The highest BCUT2D eigenvalue weighted by atomic mass is 16.1. The van der Waals surface area contributed by atoms with Gasteiger partial charge in [0.1, 0.15) is 0 Å². The smallest absolute Gasteiger partial charge is 0.251 e. The van der Waals surface area contributed by atoms with E-state index in [0.717, 1.165) is 18.7 Å². The Morgan fingerprint density at radius 1 is 1.42 bits per heavy atom. The van der Waals surface area contributed by atoms with E-state index in [1.807, 2.05) is 14.1 Å². The van der Waals surface area contributed by atoms with Crippen molar-refractivity contribution < 1.29 is 4.79 Å². The minimum Gasteiger partial charge on any atom is -0.397 e. The number of rotatable bonds is 6. The SMILES string of the molecule is CNC(=O)c1ccc(N)c(NC(C)CCN(C)C)c1. The van der Waals surface area contributed by atoms with Gasteiger partial charge in [-0.05, 0) is 52.2 Å². The molecule has 0 bridgehead atoms. The van der Waals surface area contributed by atoms with Crippen LogP contribution in [0.15, 0.2) is 18.2 Å². The molecule has 4 N–H and O–H groups in total. The van der Waals surface area contributed by atoms with Gasteiger partial charge in [0.05, 0.1) is 11.4 Å². The lowest BCUT2D eigenvalue weighted by Crippen LogP contribution is -2.24. The van der Waals surface area contributed by atoms with E-state index in [1.165, 1.54) is 0 Å². The predicted molar refractivity (Wildman–Crippen MR) is 80.5 cm³/mol. The quantitative estimate of drug-likeness (QED) is 0.679. The van der Waals surface area contributed by atoms with Gasteiger partial charge in [-0.2, -0.15) is 0 Å². The van der Waals surface area contributed by atoms with Gasteiger partial charge in [0.2, 0.25) is 0 Å². The topological polar surface area (TPSA) is 70.4 Å². The molecule has 0 heterocycles. The van der Waals surface area contributed by atoms with Gasteiger partial charge >= 0.3 is 0 Å². The Balaban J connectivity index is 2.73. The van der Waals surface area contributed by atoms with E-state index in [-0.39, 0.29) is 5.91 Å². The number of carbonyl (C=O) groups excluding carboxylic acids is 1. The molecule has 1 atom stereocenters. The van der Waals surface area contributed by atoms with Crippen LogP contribution in [0.1, 0.15) is 23.7 Å². The maximum absolute atomic E-state index is 11.6. The summed E-state index contributed by atoms with van der Waals surface area (Å²) in [5.41, 5.74) is 8.01. The number of nitrogens with zero attached hydrogens (tertiary/aromatic N) is 1. The van der Waals surface area contributed by atoms with Crippen molar-refractivity contribution >= 4 is 17.3 Å². The molecule has 19 heavy (non-hydrogen) atoms. The molecule has 1 amide bonds. The first-order valence-electron chi connectivity index (χ1n) is 6.47. The average Bonchev–Trinajstić information content (AvgIpc) is 2.38. The summed E-state index contributed by atoms with van der Waals surface area (Å²) in [6.45, 7) is 3.11. The van der Waals surface area contributed by atoms with Gasteiger partial charge in [0.15, 0.2) is 0 Å². The van der Waals surface area contributed by atoms with Crippen LogP contribution in [0.25, 0.3) is 0 Å². The molecule has 0 saturated heterocycles. The predicted octanol–water partition coefficient (Wildman–Crippen LogP) is 1.38. The summed E-state index contributed by atoms with van der Waals surface area (Å²) in [6, 6.07) is 5.57. The Hall–Kier alpha value is -1.75. The number of carbonyl (C=O) groups is 1. The third-order valence-corrected chi connectivity index (χ3v) is 2.95. The third-order valence-electron chi connectivity index (χ3n) is 2.95. The minimum atomic E-state index is -0.107. The summed E-state index contributed by atoms with van der Waals surface area (Å²) in [5.74, 6) is -0.107. The lowest BCUT2D eigenvalue weighted by molar-refractivity contribution is 0.0963. The molecule has 0 aromatic heterocycles. The lowest BCUT2D eigenvalue weighted by atomic mass is 10.1. The summed E-state index contributed by atoms with van der Waals surface area (Å²) in [7, 11) is 5.71. The number of nitrogens with one attached hydrogen (secondary N) is 2. The number of nitrogen functional groups attached to an aromatic ring is 1. The normalized spacial score (nSPS) is 12.3. The number of amides is 1. The molecular weight excluding hydrogens is 240 g/mol. The minimum absolute atomic E-state index is 0.107. The standard InChI is InChI=1S/C14H24N4O/c1-10(7-8-18(3)4)17-13-9-11(14(19)16-2)5-6-12(13)15/h5-6,9-10,17H,7-8,15H2,1-4H3,(H,16,19). The fraction of sp³-hybridized carbons (Fsp3) is 0.500. The van der Waals surface area contributed by atoms with Gasteiger partial charge in [-0.1, -0.05) is 0 Å². The average molecular weight is 264 g/mol. The lowest BCUT2D eigenvalue weighted by Gasteiger charge is -2.19. The van der Waals surface area contributed by atoms with E-state index < -0.39 is 0 Å². The summed E-state index contributed by atoms with van der Waals surface area (Å²) < 4.78 is 0. The Kier molecular flexibility index (Phi) is 5.63. The first kappa shape index (κ1) is 15.3. The van der Waals surface area contributed by atoms with Crippen molar-refractivity contribution in [2.75, 3.05) is 38.7 Å². The number of hydrogen-bond acceptors (Lipinski definition) is 4. The van der Waals surface area contributed by atoms with Crippen LogP contribution in [0.5, 0.6) is 0 Å². The summed E-state index contributed by atoms with van der Waals surface area (Å²) in [4.78, 5) is 13.7. The van der Waals surface area contributed by atoms with Crippen molar-refractivity contribution in [2.45, 2.75) is 19.4 Å². The van der Waals surface area contributed by atoms with E-state index in [4.69, 9.17) is 5.73 Å². The fourth-order valence-electron chi connectivity index (χ4n) is 1.76. The van der Waals surface area contributed by atoms with Gasteiger partial charge in [-0.25, -0.2) is 0 Å². The Labute approximate surface area is 115 Å². The van der Waals surface area contributed by atoms with Gasteiger partial charge in [0.25, 0.3) is 5.91 Å². The van der Waals surface area contributed by atoms with Gasteiger partial charge in [-0.15, -0.1) is 0 Å². The van der Waals surface area contributed by atoms with Gasteiger partial charge in [-0.3, -0.25) is 4.79 Å². The second-order valence-electron chi connectivity index (χ2n) is 5.02. The van der Waals surface area contributed by atoms with Gasteiger partial charge in [0, 0.05) is 18.7 Å². The van der Waals surface area contributed by atoms with Crippen LogP contribution < -0.4 is 16.4 Å². The van der Waals surface area contributed by atoms with Crippen molar-refractivity contribution in [2.24, 2.45) is 0 Å². The molecule has 1 rings (SSSR count). The molecule has 5 heteroatoms. The maximum Gasteiger partial charge on any atom is 0.251 e. The highest BCUT2D eigenvalue weighted by Crippen LogP contribution is 2.21. The van der Waals surface area contributed by atoms with Crippen LogP contribution in [0.3, 0.4) is 0 Å². The first-order valence-corrected chi connectivity index (χ1v) is 6.47. The van der Waals surface area contributed by atoms with Crippen molar-refractivity contribution in [1.82, 2.24) is 10.2 Å². The molecule has 0 radical (unpaired) electrons. The van der Waals surface area contributed by atoms with Crippen LogP contribution in [0.2, 0.25) is 0 Å². The number of anilines is 2. The van der Waals surface area contributed by atoms with E-state index in [9.17, 15) is 4.79 Å². The first-order chi connectivity index (χ1) is 8.93. The molecule has 1 aromatic rings. The molecule has 0 fully saturated rings. The van der Waals surface area contributed by atoms with Crippen LogP contribution in [-0.2, 0) is 0 Å². The summed E-state index contributed by atoms with van der Waals surface area (Å²) in [6.07, 6.45) is 1.01. The number of nitrogens with two attached hydrogens (primary N) is 1. The highest BCUT2D eigenvalue weighted by molar-refractivity contribution is 5.96. The largest absolute Gasteiger partial charge is 0.397 e. The van der Waals surface area contributed by atoms with Crippen molar-refractivity contribution in [1.29, 1.82) is 0 Å². The summed E-state index contributed by atoms with van der Waals surface area (Å²) >= 11 is 0.